The molecule has 1 aliphatic heterocycles. The third kappa shape index (κ3) is 3.82. The van der Waals surface area contributed by atoms with Crippen molar-refractivity contribution in [1.29, 1.82) is 0 Å². The monoisotopic (exact) mass is 476 g/mol. The lowest BCUT2D eigenvalue weighted by molar-refractivity contribution is 0.409. The molecule has 1 heterocycles. The molecular formula is C17H19Br2ClN2O2. The van der Waals surface area contributed by atoms with Gasteiger partial charge in [0.2, 0.25) is 0 Å². The largest absolute Gasteiger partial charge is 0.506 e. The maximum absolute atomic E-state index is 9.81. The van der Waals surface area contributed by atoms with Crippen LogP contribution >= 0.6 is 44.3 Å². The Balaban J connectivity index is 0.00000208. The summed E-state index contributed by atoms with van der Waals surface area (Å²) >= 11 is 7.09. The van der Waals surface area contributed by atoms with Crippen LogP contribution in [-0.4, -0.2) is 18.8 Å². The quantitative estimate of drug-likeness (QED) is 0.453. The van der Waals surface area contributed by atoms with Gasteiger partial charge in [0.05, 0.1) is 21.7 Å². The van der Waals surface area contributed by atoms with Gasteiger partial charge in [-0.3, -0.25) is 0 Å². The highest BCUT2D eigenvalue weighted by molar-refractivity contribution is 9.11. The fourth-order valence-electron chi connectivity index (χ4n) is 3.04. The molecule has 24 heavy (non-hydrogen) atoms. The van der Waals surface area contributed by atoms with E-state index in [1.807, 2.05) is 6.07 Å². The molecule has 0 bridgehead atoms. The van der Waals surface area contributed by atoms with Crippen molar-refractivity contribution >= 4 is 50.0 Å². The molecule has 0 saturated carbocycles. The summed E-state index contributed by atoms with van der Waals surface area (Å²) in [6.45, 7) is 0.888. The van der Waals surface area contributed by atoms with Gasteiger partial charge < -0.3 is 20.9 Å². The average molecular weight is 479 g/mol. The Bertz CT molecular complexity index is 733. The Morgan fingerprint density at radius 2 is 1.92 bits per heavy atom. The number of halogens is 3. The van der Waals surface area contributed by atoms with Gasteiger partial charge in [0.15, 0.2) is 0 Å². The molecule has 4 N–H and O–H groups in total. The average Bonchev–Trinajstić information content (AvgIpc) is 2.49. The summed E-state index contributed by atoms with van der Waals surface area (Å²) in [7, 11) is 1.65. The van der Waals surface area contributed by atoms with Crippen LogP contribution in [0.1, 0.15) is 22.7 Å². The van der Waals surface area contributed by atoms with Crippen molar-refractivity contribution in [2.75, 3.05) is 19.4 Å². The van der Waals surface area contributed by atoms with E-state index in [4.69, 9.17) is 10.5 Å². The lowest BCUT2D eigenvalue weighted by Crippen LogP contribution is -2.31. The molecule has 2 aromatic carbocycles. The zero-order valence-electron chi connectivity index (χ0n) is 13.1. The first-order valence-electron chi connectivity index (χ1n) is 7.36. The first-order chi connectivity index (χ1) is 11.0. The molecule has 2 aromatic rings. The molecule has 0 aliphatic carbocycles. The highest BCUT2D eigenvalue weighted by atomic mass is 79.9. The third-order valence-corrected chi connectivity index (χ3v) is 5.33. The van der Waals surface area contributed by atoms with Crippen LogP contribution in [0.15, 0.2) is 33.2 Å². The standard InChI is InChI=1S/C17H18Br2N2O2.ClH/c1-23-17-12(18)4-9(5-13(17)19)6-15-11-8-14(20)16(22)7-10(11)2-3-21-15;/h4-5,7-8,15,21-22H,2-3,6,20H2,1H3;1H. The first-order valence-corrected chi connectivity index (χ1v) is 8.94. The predicted octanol–water partition coefficient (Wildman–Crippen LogP) is 4.36. The summed E-state index contributed by atoms with van der Waals surface area (Å²) in [5.74, 6) is 0.958. The first kappa shape index (κ1) is 19.4. The fourth-order valence-corrected chi connectivity index (χ4v) is 4.65. The summed E-state index contributed by atoms with van der Waals surface area (Å²) in [6.07, 6.45) is 1.73. The number of benzene rings is 2. The Labute approximate surface area is 164 Å². The number of anilines is 1. The van der Waals surface area contributed by atoms with Crippen molar-refractivity contribution in [2.24, 2.45) is 0 Å². The molecule has 0 aromatic heterocycles. The third-order valence-electron chi connectivity index (χ3n) is 4.15. The number of rotatable bonds is 3. The van der Waals surface area contributed by atoms with Gasteiger partial charge in [-0.15, -0.1) is 12.4 Å². The number of hydrogen-bond acceptors (Lipinski definition) is 4. The molecule has 1 unspecified atom stereocenters. The minimum Gasteiger partial charge on any atom is -0.506 e. The topological polar surface area (TPSA) is 67.5 Å². The predicted molar refractivity (Wildman–Crippen MR) is 106 cm³/mol. The molecule has 0 amide bonds. The lowest BCUT2D eigenvalue weighted by atomic mass is 9.89. The second kappa shape index (κ2) is 7.95. The minimum absolute atomic E-state index is 0. The molecule has 1 atom stereocenters. The molecule has 0 spiro atoms. The van der Waals surface area contributed by atoms with E-state index in [9.17, 15) is 5.11 Å². The zero-order chi connectivity index (χ0) is 16.6. The number of aromatic hydroxyl groups is 1. The van der Waals surface area contributed by atoms with E-state index in [1.165, 1.54) is 5.56 Å². The Hall–Kier alpha value is -0.950. The number of fused-ring (bicyclic) bond motifs is 1. The van der Waals surface area contributed by atoms with Crippen LogP contribution in [0, 0.1) is 0 Å². The molecule has 4 nitrogen and oxygen atoms in total. The van der Waals surface area contributed by atoms with Crippen molar-refractivity contribution in [3.63, 3.8) is 0 Å². The van der Waals surface area contributed by atoms with Crippen LogP contribution in [0.25, 0.3) is 0 Å². The van der Waals surface area contributed by atoms with E-state index in [-0.39, 0.29) is 24.2 Å². The molecule has 0 fully saturated rings. The van der Waals surface area contributed by atoms with Crippen molar-refractivity contribution in [3.8, 4) is 11.5 Å². The summed E-state index contributed by atoms with van der Waals surface area (Å²) in [5, 5.41) is 13.3. The van der Waals surface area contributed by atoms with Gasteiger partial charge in [0.25, 0.3) is 0 Å². The van der Waals surface area contributed by atoms with Crippen LogP contribution < -0.4 is 15.8 Å². The molecular weight excluding hydrogens is 459 g/mol. The number of phenolic OH excluding ortho intramolecular Hbond substituents is 1. The van der Waals surface area contributed by atoms with Crippen molar-refractivity contribution in [3.05, 3.63) is 49.9 Å². The lowest BCUT2D eigenvalue weighted by Gasteiger charge is -2.28. The number of methoxy groups -OCH3 is 1. The molecule has 3 rings (SSSR count). The fraction of sp³-hybridized carbons (Fsp3) is 0.294. The zero-order valence-corrected chi connectivity index (χ0v) is 17.1. The number of nitrogen functional groups attached to an aromatic ring is 1. The van der Waals surface area contributed by atoms with Crippen molar-refractivity contribution in [2.45, 2.75) is 18.9 Å². The van der Waals surface area contributed by atoms with Gasteiger partial charge in [0, 0.05) is 6.04 Å². The van der Waals surface area contributed by atoms with Crippen LogP contribution in [-0.2, 0) is 12.8 Å². The van der Waals surface area contributed by atoms with Crippen molar-refractivity contribution < 1.29 is 9.84 Å². The van der Waals surface area contributed by atoms with Crippen LogP contribution in [0.5, 0.6) is 11.5 Å². The van der Waals surface area contributed by atoms with Crippen molar-refractivity contribution in [1.82, 2.24) is 5.32 Å². The Kier molecular flexibility index (Phi) is 6.42. The Morgan fingerprint density at radius 1 is 1.25 bits per heavy atom. The normalized spacial score (nSPS) is 16.2. The number of ether oxygens (including phenoxy) is 1. The van der Waals surface area contributed by atoms with Gasteiger partial charge in [0.1, 0.15) is 11.5 Å². The SMILES string of the molecule is COc1c(Br)cc(CC2NCCc3cc(O)c(N)cc32)cc1Br.Cl. The van der Waals surface area contributed by atoms with E-state index in [1.54, 1.807) is 13.2 Å². The highest BCUT2D eigenvalue weighted by Gasteiger charge is 2.22. The van der Waals surface area contributed by atoms with Crippen LogP contribution in [0.3, 0.4) is 0 Å². The van der Waals surface area contributed by atoms with E-state index in [0.29, 0.717) is 5.69 Å². The summed E-state index contributed by atoms with van der Waals surface area (Å²) in [4.78, 5) is 0. The van der Waals surface area contributed by atoms with E-state index in [0.717, 1.165) is 45.2 Å². The van der Waals surface area contributed by atoms with Crippen LogP contribution in [0.4, 0.5) is 5.69 Å². The van der Waals surface area contributed by atoms with Gasteiger partial charge in [-0.2, -0.15) is 0 Å². The van der Waals surface area contributed by atoms with Gasteiger partial charge in [-0.1, -0.05) is 0 Å². The van der Waals surface area contributed by atoms with E-state index >= 15 is 0 Å². The van der Waals surface area contributed by atoms with Gasteiger partial charge in [-0.25, -0.2) is 0 Å². The van der Waals surface area contributed by atoms with Gasteiger partial charge in [-0.05, 0) is 92.2 Å². The molecule has 7 heteroatoms. The molecule has 0 saturated heterocycles. The minimum atomic E-state index is 0. The number of phenols is 1. The Morgan fingerprint density at radius 3 is 2.54 bits per heavy atom. The molecule has 130 valence electrons. The molecule has 1 aliphatic rings. The highest BCUT2D eigenvalue weighted by Crippen LogP contribution is 2.37. The van der Waals surface area contributed by atoms with Crippen LogP contribution in [0.2, 0.25) is 0 Å². The second-order valence-corrected chi connectivity index (χ2v) is 7.37. The summed E-state index contributed by atoms with van der Waals surface area (Å²) < 4.78 is 7.20. The van der Waals surface area contributed by atoms with E-state index < -0.39 is 0 Å². The van der Waals surface area contributed by atoms with E-state index in [2.05, 4.69) is 49.3 Å². The second-order valence-electron chi connectivity index (χ2n) is 5.66. The maximum atomic E-state index is 9.81. The maximum Gasteiger partial charge on any atom is 0.147 e. The number of nitrogens with two attached hydrogens (primary N) is 1. The van der Waals surface area contributed by atoms with Gasteiger partial charge >= 0.3 is 0 Å². The molecule has 0 radical (unpaired) electrons. The number of nitrogens with one attached hydrogen (secondary N) is 1. The summed E-state index contributed by atoms with van der Waals surface area (Å²) in [6, 6.07) is 7.99. The number of hydrogen-bond donors (Lipinski definition) is 3. The summed E-state index contributed by atoms with van der Waals surface area (Å²) in [5.41, 5.74) is 9.80. The smallest absolute Gasteiger partial charge is 0.147 e.